The van der Waals surface area contributed by atoms with Gasteiger partial charge in [-0.2, -0.15) is 10.2 Å². The molecule has 2 aromatic rings. The van der Waals surface area contributed by atoms with Gasteiger partial charge in [0.2, 0.25) is 11.8 Å². The monoisotopic (exact) mass is 582 g/mol. The summed E-state index contributed by atoms with van der Waals surface area (Å²) in [6.45, 7) is 2.60. The minimum atomic E-state index is -0.464. The van der Waals surface area contributed by atoms with E-state index in [0.29, 0.717) is 59.8 Å². The first-order chi connectivity index (χ1) is 20.2. The standard InChI is InChI=1S/C30H38N4O8/c1-21(35)41-27-15-13-25(39-3)17-23(27)19-31-33-29(37)11-9-7-5-6-8-10-12-30(38)34-32-20-24-18-26(40-4)14-16-28(24)42-22(2)36/h13-20H,5-12H2,1-4H3,(H,33,37)(H,34,38). The highest BCUT2D eigenvalue weighted by Gasteiger charge is 2.08. The largest absolute Gasteiger partial charge is 0.497 e. The van der Waals surface area contributed by atoms with Crippen molar-refractivity contribution in [3.05, 3.63) is 47.5 Å². The lowest BCUT2D eigenvalue weighted by Crippen LogP contribution is -2.17. The van der Waals surface area contributed by atoms with Crippen molar-refractivity contribution in [2.75, 3.05) is 14.2 Å². The van der Waals surface area contributed by atoms with Gasteiger partial charge in [0, 0.05) is 37.8 Å². The number of nitrogens with one attached hydrogen (secondary N) is 2. The van der Waals surface area contributed by atoms with E-state index in [-0.39, 0.29) is 11.8 Å². The Hall–Kier alpha value is -4.74. The van der Waals surface area contributed by atoms with E-state index in [9.17, 15) is 19.2 Å². The van der Waals surface area contributed by atoms with Crippen LogP contribution in [0.25, 0.3) is 0 Å². The quantitative estimate of drug-likeness (QED) is 0.0921. The van der Waals surface area contributed by atoms with Gasteiger partial charge in [0.05, 0.1) is 26.6 Å². The third-order valence-corrected chi connectivity index (χ3v) is 5.78. The van der Waals surface area contributed by atoms with Gasteiger partial charge >= 0.3 is 11.9 Å². The van der Waals surface area contributed by atoms with Gasteiger partial charge in [-0.3, -0.25) is 19.2 Å². The zero-order valence-corrected chi connectivity index (χ0v) is 24.4. The van der Waals surface area contributed by atoms with E-state index in [4.69, 9.17) is 18.9 Å². The second-order valence-electron chi connectivity index (χ2n) is 9.20. The van der Waals surface area contributed by atoms with Crippen molar-refractivity contribution in [1.29, 1.82) is 0 Å². The van der Waals surface area contributed by atoms with Crippen LogP contribution in [0, 0.1) is 0 Å². The molecule has 0 radical (unpaired) electrons. The first kappa shape index (κ1) is 33.5. The zero-order chi connectivity index (χ0) is 30.7. The van der Waals surface area contributed by atoms with Crippen molar-refractivity contribution in [3.8, 4) is 23.0 Å². The molecule has 2 aromatic carbocycles. The number of methoxy groups -OCH3 is 2. The van der Waals surface area contributed by atoms with E-state index in [1.54, 1.807) is 36.4 Å². The van der Waals surface area contributed by atoms with Crippen LogP contribution in [0.15, 0.2) is 46.6 Å². The molecule has 0 aliphatic rings. The number of benzene rings is 2. The highest BCUT2D eigenvalue weighted by Crippen LogP contribution is 2.24. The second kappa shape index (κ2) is 18.6. The molecular formula is C30H38N4O8. The highest BCUT2D eigenvalue weighted by molar-refractivity contribution is 5.88. The second-order valence-corrected chi connectivity index (χ2v) is 9.20. The third-order valence-electron chi connectivity index (χ3n) is 5.78. The number of ether oxygens (including phenoxy) is 4. The SMILES string of the molecule is COc1ccc(OC(C)=O)c(C=NNC(=O)CCCCCCCCC(=O)NN=Cc2cc(OC)ccc2OC(C)=O)c1. The molecule has 0 spiro atoms. The molecule has 0 saturated carbocycles. The molecule has 0 saturated heterocycles. The molecule has 12 heteroatoms. The predicted octanol–water partition coefficient (Wildman–Crippen LogP) is 4.28. The van der Waals surface area contributed by atoms with Gasteiger partial charge in [-0.15, -0.1) is 0 Å². The number of unbranched alkanes of at least 4 members (excludes halogenated alkanes) is 5. The van der Waals surface area contributed by atoms with Crippen molar-refractivity contribution < 1.29 is 38.1 Å². The lowest BCUT2D eigenvalue weighted by atomic mass is 10.1. The molecule has 0 unspecified atom stereocenters. The number of amides is 2. The summed E-state index contributed by atoms with van der Waals surface area (Å²) < 4.78 is 20.6. The Labute approximate surface area is 245 Å². The van der Waals surface area contributed by atoms with Crippen LogP contribution in [0.3, 0.4) is 0 Å². The Kier molecular flexibility index (Phi) is 14.8. The molecule has 42 heavy (non-hydrogen) atoms. The fourth-order valence-electron chi connectivity index (χ4n) is 3.74. The van der Waals surface area contributed by atoms with E-state index in [2.05, 4.69) is 21.1 Å². The fourth-order valence-corrected chi connectivity index (χ4v) is 3.74. The topological polar surface area (TPSA) is 154 Å². The minimum absolute atomic E-state index is 0.214. The van der Waals surface area contributed by atoms with E-state index < -0.39 is 11.9 Å². The maximum absolute atomic E-state index is 12.1. The predicted molar refractivity (Wildman–Crippen MR) is 157 cm³/mol. The van der Waals surface area contributed by atoms with E-state index >= 15 is 0 Å². The lowest BCUT2D eigenvalue weighted by molar-refractivity contribution is -0.132. The maximum Gasteiger partial charge on any atom is 0.308 e. The number of rotatable bonds is 17. The molecule has 2 amide bonds. The normalized spacial score (nSPS) is 10.9. The van der Waals surface area contributed by atoms with E-state index in [1.807, 2.05) is 0 Å². The molecule has 0 atom stereocenters. The van der Waals surface area contributed by atoms with E-state index in [0.717, 1.165) is 25.7 Å². The van der Waals surface area contributed by atoms with Crippen LogP contribution < -0.4 is 29.8 Å². The fraction of sp³-hybridized carbons (Fsp3) is 0.400. The maximum atomic E-state index is 12.1. The molecule has 0 aliphatic heterocycles. The summed E-state index contributed by atoms with van der Waals surface area (Å²) in [4.78, 5) is 46.7. The van der Waals surface area contributed by atoms with Crippen LogP contribution in [0.2, 0.25) is 0 Å². The van der Waals surface area contributed by atoms with Gasteiger partial charge < -0.3 is 18.9 Å². The molecule has 0 aliphatic carbocycles. The summed E-state index contributed by atoms with van der Waals surface area (Å²) in [5.74, 6) is 0.400. The van der Waals surface area contributed by atoms with Crippen LogP contribution >= 0.6 is 0 Å². The average Bonchev–Trinajstić information content (AvgIpc) is 2.95. The first-order valence-corrected chi connectivity index (χ1v) is 13.6. The smallest absolute Gasteiger partial charge is 0.308 e. The van der Waals surface area contributed by atoms with Gasteiger partial charge in [0.25, 0.3) is 0 Å². The number of hydrogen-bond donors (Lipinski definition) is 2. The molecule has 2 N–H and O–H groups in total. The van der Waals surface area contributed by atoms with Gasteiger partial charge in [-0.25, -0.2) is 10.9 Å². The molecule has 12 nitrogen and oxygen atoms in total. The van der Waals surface area contributed by atoms with Gasteiger partial charge in [-0.1, -0.05) is 25.7 Å². The third kappa shape index (κ3) is 13.1. The van der Waals surface area contributed by atoms with Crippen LogP contribution in [0.1, 0.15) is 76.3 Å². The average molecular weight is 583 g/mol. The van der Waals surface area contributed by atoms with Crippen molar-refractivity contribution in [2.24, 2.45) is 10.2 Å². The van der Waals surface area contributed by atoms with Gasteiger partial charge in [-0.05, 0) is 49.2 Å². The van der Waals surface area contributed by atoms with Crippen molar-refractivity contribution in [3.63, 3.8) is 0 Å². The van der Waals surface area contributed by atoms with Crippen molar-refractivity contribution in [1.82, 2.24) is 10.9 Å². The Morgan fingerprint density at radius 2 is 1.02 bits per heavy atom. The first-order valence-electron chi connectivity index (χ1n) is 13.6. The van der Waals surface area contributed by atoms with Crippen LogP contribution in [0.5, 0.6) is 23.0 Å². The number of hydrogen-bond acceptors (Lipinski definition) is 10. The Balaban J connectivity index is 1.60. The van der Waals surface area contributed by atoms with Crippen LogP contribution in [-0.4, -0.2) is 50.4 Å². The summed E-state index contributed by atoms with van der Waals surface area (Å²) >= 11 is 0. The summed E-state index contributed by atoms with van der Waals surface area (Å²) in [6, 6.07) is 9.81. The van der Waals surface area contributed by atoms with Crippen LogP contribution in [0.4, 0.5) is 0 Å². The molecule has 0 fully saturated rings. The zero-order valence-electron chi connectivity index (χ0n) is 24.4. The minimum Gasteiger partial charge on any atom is -0.497 e. The lowest BCUT2D eigenvalue weighted by Gasteiger charge is -2.07. The molecule has 0 aromatic heterocycles. The Morgan fingerprint density at radius 3 is 1.38 bits per heavy atom. The van der Waals surface area contributed by atoms with E-state index in [1.165, 1.54) is 40.5 Å². The van der Waals surface area contributed by atoms with Crippen LogP contribution in [-0.2, 0) is 19.2 Å². The number of carbonyl (C=O) groups excluding carboxylic acids is 4. The van der Waals surface area contributed by atoms with Gasteiger partial charge in [0.1, 0.15) is 23.0 Å². The summed E-state index contributed by atoms with van der Waals surface area (Å²) in [7, 11) is 3.04. The summed E-state index contributed by atoms with van der Waals surface area (Å²) in [5.41, 5.74) is 5.96. The molecule has 2 rings (SSSR count). The number of esters is 2. The Bertz CT molecular complexity index is 1180. The van der Waals surface area contributed by atoms with Crippen molar-refractivity contribution in [2.45, 2.75) is 65.2 Å². The molecule has 0 bridgehead atoms. The number of nitrogens with zero attached hydrogens (tertiary/aromatic N) is 2. The number of hydrazone groups is 2. The Morgan fingerprint density at radius 1 is 0.643 bits per heavy atom. The summed E-state index contributed by atoms with van der Waals surface area (Å²) in [5, 5.41) is 7.92. The summed E-state index contributed by atoms with van der Waals surface area (Å²) in [6.07, 6.45) is 8.55. The number of carbonyl (C=O) groups is 4. The molecule has 226 valence electrons. The van der Waals surface area contributed by atoms with Crippen molar-refractivity contribution >= 4 is 36.2 Å². The highest BCUT2D eigenvalue weighted by atomic mass is 16.5. The molecular weight excluding hydrogens is 544 g/mol. The van der Waals surface area contributed by atoms with Gasteiger partial charge in [0.15, 0.2) is 0 Å². The molecule has 0 heterocycles.